The molecule has 0 saturated heterocycles. The van der Waals surface area contributed by atoms with Gasteiger partial charge in [-0.25, -0.2) is 0 Å². The number of hydrogen-bond acceptors (Lipinski definition) is 2. The van der Waals surface area contributed by atoms with Crippen molar-refractivity contribution in [1.29, 1.82) is 0 Å². The first-order chi connectivity index (χ1) is 11.5. The van der Waals surface area contributed by atoms with Gasteiger partial charge in [-0.05, 0) is 30.2 Å². The number of carbonyl (C=O) groups is 2. The van der Waals surface area contributed by atoms with Crippen molar-refractivity contribution in [1.82, 2.24) is 10.6 Å². The number of rotatable bonds is 6. The lowest BCUT2D eigenvalue weighted by Crippen LogP contribution is -2.33. The molecule has 0 saturated carbocycles. The van der Waals surface area contributed by atoms with Gasteiger partial charge >= 0.3 is 0 Å². The SMILES string of the molecule is CC(=O)N[C@@H](CC(=O)N[C@H](C)c1cccc(Cl)c1)c1ccccc1. The molecule has 0 aliphatic heterocycles. The highest BCUT2D eigenvalue weighted by Crippen LogP contribution is 2.20. The maximum Gasteiger partial charge on any atom is 0.222 e. The van der Waals surface area contributed by atoms with Gasteiger partial charge in [0, 0.05) is 11.9 Å². The third-order valence-corrected chi connectivity index (χ3v) is 3.93. The predicted octanol–water partition coefficient (Wildman–Crippen LogP) is 3.78. The molecular weight excluding hydrogens is 324 g/mol. The Morgan fingerprint density at radius 1 is 1.00 bits per heavy atom. The molecule has 126 valence electrons. The lowest BCUT2D eigenvalue weighted by molar-refractivity contribution is -0.123. The van der Waals surface area contributed by atoms with E-state index in [4.69, 9.17) is 11.6 Å². The van der Waals surface area contributed by atoms with Gasteiger partial charge in [-0.2, -0.15) is 0 Å². The van der Waals surface area contributed by atoms with Crippen molar-refractivity contribution in [3.63, 3.8) is 0 Å². The van der Waals surface area contributed by atoms with Gasteiger partial charge in [0.05, 0.1) is 18.5 Å². The predicted molar refractivity (Wildman–Crippen MR) is 95.6 cm³/mol. The standard InChI is InChI=1S/C19H21ClN2O2/c1-13(16-9-6-10-17(20)11-16)21-19(24)12-18(22-14(2)23)15-7-4-3-5-8-15/h3-11,13,18H,12H2,1-2H3,(H,21,24)(H,22,23)/t13-,18+/m1/s1. The van der Waals surface area contributed by atoms with E-state index in [1.54, 1.807) is 6.07 Å². The molecule has 2 rings (SSSR count). The van der Waals surface area contributed by atoms with E-state index in [1.165, 1.54) is 6.92 Å². The number of carbonyl (C=O) groups excluding carboxylic acids is 2. The summed E-state index contributed by atoms with van der Waals surface area (Å²) in [6.07, 6.45) is 0.175. The molecule has 2 aromatic carbocycles. The first-order valence-electron chi connectivity index (χ1n) is 7.82. The second-order valence-corrected chi connectivity index (χ2v) is 6.15. The summed E-state index contributed by atoms with van der Waals surface area (Å²) in [6.45, 7) is 3.35. The molecule has 2 N–H and O–H groups in total. The Hall–Kier alpha value is -2.33. The fourth-order valence-electron chi connectivity index (χ4n) is 2.53. The molecule has 0 aliphatic carbocycles. The third kappa shape index (κ3) is 5.39. The Kier molecular flexibility index (Phi) is 6.38. The van der Waals surface area contributed by atoms with Crippen LogP contribution in [0.2, 0.25) is 5.02 Å². The Labute approximate surface area is 147 Å². The summed E-state index contributed by atoms with van der Waals surface area (Å²) in [5, 5.41) is 6.41. The highest BCUT2D eigenvalue weighted by atomic mass is 35.5. The van der Waals surface area contributed by atoms with Crippen LogP contribution in [0, 0.1) is 0 Å². The van der Waals surface area contributed by atoms with Gasteiger partial charge in [0.1, 0.15) is 0 Å². The highest BCUT2D eigenvalue weighted by Gasteiger charge is 2.18. The summed E-state index contributed by atoms with van der Waals surface area (Å²) in [6, 6.07) is 16.3. The molecule has 4 nitrogen and oxygen atoms in total. The van der Waals surface area contributed by atoms with Gasteiger partial charge in [0.15, 0.2) is 0 Å². The molecule has 5 heteroatoms. The van der Waals surface area contributed by atoms with Crippen LogP contribution in [-0.4, -0.2) is 11.8 Å². The van der Waals surface area contributed by atoms with E-state index >= 15 is 0 Å². The number of halogens is 1. The largest absolute Gasteiger partial charge is 0.350 e. The third-order valence-electron chi connectivity index (χ3n) is 3.70. The molecule has 0 unspecified atom stereocenters. The van der Waals surface area contributed by atoms with Crippen molar-refractivity contribution < 1.29 is 9.59 Å². The van der Waals surface area contributed by atoms with Gasteiger partial charge in [0.2, 0.25) is 11.8 Å². The van der Waals surface area contributed by atoms with Gasteiger partial charge in [-0.3, -0.25) is 9.59 Å². The minimum atomic E-state index is -0.352. The van der Waals surface area contributed by atoms with E-state index in [0.717, 1.165) is 11.1 Å². The molecule has 2 atom stereocenters. The number of amides is 2. The van der Waals surface area contributed by atoms with Crippen LogP contribution < -0.4 is 10.6 Å². The average Bonchev–Trinajstić information content (AvgIpc) is 2.54. The maximum absolute atomic E-state index is 12.4. The first kappa shape index (κ1) is 18.0. The van der Waals surface area contributed by atoms with Crippen molar-refractivity contribution in [2.24, 2.45) is 0 Å². The second-order valence-electron chi connectivity index (χ2n) is 5.71. The van der Waals surface area contributed by atoms with Crippen LogP contribution in [0.3, 0.4) is 0 Å². The first-order valence-corrected chi connectivity index (χ1v) is 8.20. The van der Waals surface area contributed by atoms with Crippen LogP contribution in [0.25, 0.3) is 0 Å². The fourth-order valence-corrected chi connectivity index (χ4v) is 2.73. The van der Waals surface area contributed by atoms with Gasteiger partial charge in [0.25, 0.3) is 0 Å². The fraction of sp³-hybridized carbons (Fsp3) is 0.263. The summed E-state index contributed by atoms with van der Waals surface area (Å²) in [7, 11) is 0. The maximum atomic E-state index is 12.4. The van der Waals surface area contributed by atoms with Crippen LogP contribution in [0.1, 0.15) is 43.5 Å². The van der Waals surface area contributed by atoms with E-state index in [9.17, 15) is 9.59 Å². The minimum Gasteiger partial charge on any atom is -0.350 e. The molecule has 2 aromatic rings. The zero-order valence-electron chi connectivity index (χ0n) is 13.8. The van der Waals surface area contributed by atoms with Gasteiger partial charge in [-0.15, -0.1) is 0 Å². The van der Waals surface area contributed by atoms with Crippen LogP contribution in [0.4, 0.5) is 0 Å². The van der Waals surface area contributed by atoms with E-state index in [2.05, 4.69) is 10.6 Å². The molecule has 0 fully saturated rings. The molecule has 0 radical (unpaired) electrons. The van der Waals surface area contributed by atoms with Crippen LogP contribution in [-0.2, 0) is 9.59 Å². The average molecular weight is 345 g/mol. The second kappa shape index (κ2) is 8.50. The normalized spacial score (nSPS) is 13.0. The van der Waals surface area contributed by atoms with Gasteiger partial charge in [-0.1, -0.05) is 54.1 Å². The molecular formula is C19H21ClN2O2. The minimum absolute atomic E-state index is 0.134. The lowest BCUT2D eigenvalue weighted by atomic mass is 10.0. The summed E-state index contributed by atoms with van der Waals surface area (Å²) >= 11 is 5.99. The molecule has 2 amide bonds. The molecule has 0 spiro atoms. The summed E-state index contributed by atoms with van der Waals surface area (Å²) < 4.78 is 0. The van der Waals surface area contributed by atoms with Crippen LogP contribution in [0.5, 0.6) is 0 Å². The van der Waals surface area contributed by atoms with Crippen molar-refractivity contribution in [3.05, 3.63) is 70.7 Å². The van der Waals surface area contributed by atoms with Crippen molar-refractivity contribution in [3.8, 4) is 0 Å². The molecule has 0 bridgehead atoms. The Morgan fingerprint density at radius 3 is 2.29 bits per heavy atom. The molecule has 0 heterocycles. The monoisotopic (exact) mass is 344 g/mol. The van der Waals surface area contributed by atoms with E-state index in [-0.39, 0.29) is 30.3 Å². The molecule has 0 aromatic heterocycles. The molecule has 0 aliphatic rings. The summed E-state index contributed by atoms with van der Waals surface area (Å²) in [4.78, 5) is 23.8. The quantitative estimate of drug-likeness (QED) is 0.837. The van der Waals surface area contributed by atoms with Crippen LogP contribution >= 0.6 is 11.6 Å². The Bertz CT molecular complexity index is 704. The Balaban J connectivity index is 2.03. The zero-order chi connectivity index (χ0) is 17.5. The topological polar surface area (TPSA) is 58.2 Å². The zero-order valence-corrected chi connectivity index (χ0v) is 14.5. The number of nitrogens with one attached hydrogen (secondary N) is 2. The van der Waals surface area contributed by atoms with Crippen LogP contribution in [0.15, 0.2) is 54.6 Å². The lowest BCUT2D eigenvalue weighted by Gasteiger charge is -2.20. The summed E-state index contributed by atoms with van der Waals surface area (Å²) in [5.41, 5.74) is 1.84. The number of hydrogen-bond donors (Lipinski definition) is 2. The van der Waals surface area contributed by atoms with E-state index < -0.39 is 0 Å². The smallest absolute Gasteiger partial charge is 0.222 e. The Morgan fingerprint density at radius 2 is 1.67 bits per heavy atom. The van der Waals surface area contributed by atoms with E-state index in [1.807, 2.05) is 55.5 Å². The van der Waals surface area contributed by atoms with Crippen molar-refractivity contribution in [2.75, 3.05) is 0 Å². The van der Waals surface area contributed by atoms with Crippen molar-refractivity contribution in [2.45, 2.75) is 32.4 Å². The van der Waals surface area contributed by atoms with E-state index in [0.29, 0.717) is 5.02 Å². The molecule has 24 heavy (non-hydrogen) atoms. The number of benzene rings is 2. The summed E-state index contributed by atoms with van der Waals surface area (Å²) in [5.74, 6) is -0.301. The highest BCUT2D eigenvalue weighted by molar-refractivity contribution is 6.30. The van der Waals surface area contributed by atoms with Gasteiger partial charge < -0.3 is 10.6 Å². The van der Waals surface area contributed by atoms with Crippen molar-refractivity contribution >= 4 is 23.4 Å².